The van der Waals surface area contributed by atoms with Crippen molar-refractivity contribution >= 4 is 11.8 Å². The number of ether oxygens (including phenoxy) is 12. The van der Waals surface area contributed by atoms with E-state index >= 15 is 0 Å². The first-order chi connectivity index (χ1) is 23.3. The van der Waals surface area contributed by atoms with Gasteiger partial charge in [-0.3, -0.25) is 4.79 Å². The molecule has 0 saturated carbocycles. The molecule has 1 N–H and O–H groups in total. The van der Waals surface area contributed by atoms with Crippen molar-refractivity contribution in [3.05, 3.63) is 35.9 Å². The molecule has 0 saturated heterocycles. The number of rotatable bonds is 37. The van der Waals surface area contributed by atoms with Gasteiger partial charge >= 0.3 is 5.97 Å². The summed E-state index contributed by atoms with van der Waals surface area (Å²) in [7, 11) is 0. The lowest BCUT2D eigenvalue weighted by Gasteiger charge is -2.09. The van der Waals surface area contributed by atoms with E-state index in [4.69, 9.17) is 61.9 Å². The molecule has 0 spiro atoms. The van der Waals surface area contributed by atoms with Crippen LogP contribution in [0.15, 0.2) is 30.3 Å². The van der Waals surface area contributed by atoms with Crippen molar-refractivity contribution in [1.82, 2.24) is 0 Å². The van der Waals surface area contributed by atoms with Crippen molar-refractivity contribution in [2.75, 3.05) is 159 Å². The Morgan fingerprint density at radius 1 is 0.383 bits per heavy atom. The molecule has 0 unspecified atom stereocenters. The number of Topliss-reactive ketones (excluding diaryl/α,β-unsaturated/α-hetero) is 1. The molecule has 0 heterocycles. The topological polar surface area (TPSA) is 165 Å². The van der Waals surface area contributed by atoms with Crippen LogP contribution in [0.5, 0.6) is 0 Å². The summed E-state index contributed by atoms with van der Waals surface area (Å²) in [5.41, 5.74) is 0.293. The van der Waals surface area contributed by atoms with E-state index in [1.54, 1.807) is 30.3 Å². The Balaban J connectivity index is 1.66. The van der Waals surface area contributed by atoms with Crippen LogP contribution in [0.1, 0.15) is 10.4 Å². The molecule has 0 atom stereocenters. The summed E-state index contributed by atoms with van der Waals surface area (Å²) in [6.45, 7) is 9.76. The first kappa shape index (κ1) is 42.9. The maximum Gasteiger partial charge on any atom is 0.379 e. The maximum absolute atomic E-state index is 11.9. The molecule has 1 rings (SSSR count). The fraction of sp³-hybridized carbons (Fsp3) is 0.750. The van der Waals surface area contributed by atoms with Gasteiger partial charge in [0.05, 0.1) is 152 Å². The highest BCUT2D eigenvalue weighted by Gasteiger charge is 2.17. The third kappa shape index (κ3) is 29.7. The van der Waals surface area contributed by atoms with E-state index in [2.05, 4.69) is 0 Å². The van der Waals surface area contributed by atoms with Crippen LogP contribution in [0.4, 0.5) is 0 Å². The average Bonchev–Trinajstić information content (AvgIpc) is 3.10. The Labute approximate surface area is 277 Å². The molecule has 0 amide bonds. The number of aliphatic hydroxyl groups is 1. The molecule has 0 fully saturated rings. The van der Waals surface area contributed by atoms with E-state index in [1.165, 1.54) is 0 Å². The Kier molecular flexibility index (Phi) is 32.1. The van der Waals surface area contributed by atoms with Crippen LogP contribution in [0.25, 0.3) is 0 Å². The van der Waals surface area contributed by atoms with Gasteiger partial charge in [0.15, 0.2) is 0 Å². The average molecular weight is 679 g/mol. The summed E-state index contributed by atoms with van der Waals surface area (Å²) in [6, 6.07) is 8.25. The Morgan fingerprint density at radius 2 is 0.638 bits per heavy atom. The highest BCUT2D eigenvalue weighted by Crippen LogP contribution is 2.01. The molecule has 47 heavy (non-hydrogen) atoms. The van der Waals surface area contributed by atoms with Crippen LogP contribution in [0, 0.1) is 0 Å². The van der Waals surface area contributed by atoms with E-state index in [9.17, 15) is 9.59 Å². The fourth-order valence-corrected chi connectivity index (χ4v) is 3.33. The van der Waals surface area contributed by atoms with E-state index in [0.29, 0.717) is 144 Å². The lowest BCUT2D eigenvalue weighted by atomic mass is 10.1. The van der Waals surface area contributed by atoms with Crippen molar-refractivity contribution in [2.24, 2.45) is 0 Å². The van der Waals surface area contributed by atoms with Crippen molar-refractivity contribution in [1.29, 1.82) is 0 Å². The Hall–Kier alpha value is -2.12. The fourth-order valence-electron chi connectivity index (χ4n) is 3.33. The van der Waals surface area contributed by atoms with Gasteiger partial charge in [0.25, 0.3) is 5.78 Å². The molecule has 15 heteroatoms. The minimum absolute atomic E-state index is 0.00505. The van der Waals surface area contributed by atoms with Crippen LogP contribution in [-0.4, -0.2) is 175 Å². The quantitative estimate of drug-likeness (QED) is 0.0450. The van der Waals surface area contributed by atoms with E-state index in [0.717, 1.165) is 0 Å². The summed E-state index contributed by atoms with van der Waals surface area (Å²) in [5, 5.41) is 8.57. The first-order valence-electron chi connectivity index (χ1n) is 16.0. The lowest BCUT2D eigenvalue weighted by Crippen LogP contribution is -2.20. The van der Waals surface area contributed by atoms with Gasteiger partial charge < -0.3 is 61.9 Å². The molecule has 0 aliphatic rings. The highest BCUT2D eigenvalue weighted by atomic mass is 16.6. The summed E-state index contributed by atoms with van der Waals surface area (Å²) in [5.74, 6) is -1.58. The van der Waals surface area contributed by atoms with Crippen LogP contribution < -0.4 is 0 Å². The zero-order chi connectivity index (χ0) is 33.7. The molecule has 0 aromatic heterocycles. The third-order valence-corrected chi connectivity index (χ3v) is 5.64. The molecular weight excluding hydrogens is 624 g/mol. The van der Waals surface area contributed by atoms with Gasteiger partial charge in [-0.05, 0) is 0 Å². The van der Waals surface area contributed by atoms with Crippen LogP contribution >= 0.6 is 0 Å². The summed E-state index contributed by atoms with van der Waals surface area (Å²) >= 11 is 0. The number of aliphatic hydroxyl groups excluding tert-OH is 1. The predicted octanol–water partition coefficient (Wildman–Crippen LogP) is 0.587. The Bertz CT molecular complexity index is 815. The van der Waals surface area contributed by atoms with E-state index < -0.39 is 11.8 Å². The number of benzene rings is 1. The van der Waals surface area contributed by atoms with Gasteiger partial charge in [-0.2, -0.15) is 0 Å². The molecule has 0 aliphatic carbocycles. The molecular formula is C32H54O15. The Morgan fingerprint density at radius 3 is 0.915 bits per heavy atom. The second-order valence-corrected chi connectivity index (χ2v) is 9.29. The second kappa shape index (κ2) is 35.2. The van der Waals surface area contributed by atoms with Crippen molar-refractivity contribution in [3.63, 3.8) is 0 Å². The smallest absolute Gasteiger partial charge is 0.379 e. The molecule has 1 aromatic rings. The van der Waals surface area contributed by atoms with Gasteiger partial charge in [-0.1, -0.05) is 30.3 Å². The SMILES string of the molecule is O=C(OCCOCCOCCOCCOCCOCCOCCOCCOCCOCCOCCOCCO)C(=O)c1ccccc1. The second-order valence-electron chi connectivity index (χ2n) is 9.29. The number of ketones is 1. The number of carbonyl (C=O) groups excluding carboxylic acids is 2. The zero-order valence-electron chi connectivity index (χ0n) is 27.5. The van der Waals surface area contributed by atoms with Crippen molar-refractivity contribution < 1.29 is 71.5 Å². The van der Waals surface area contributed by atoms with Gasteiger partial charge in [-0.15, -0.1) is 0 Å². The van der Waals surface area contributed by atoms with Crippen LogP contribution in [0.2, 0.25) is 0 Å². The standard InChI is InChI=1S/C32H54O15/c33-6-7-36-8-9-37-10-11-38-12-13-39-14-15-40-16-17-41-18-19-42-20-21-43-22-23-44-24-25-45-26-27-46-28-29-47-32(35)31(34)30-4-2-1-3-5-30/h1-5,33H,6-29H2. The predicted molar refractivity (Wildman–Crippen MR) is 168 cm³/mol. The monoisotopic (exact) mass is 678 g/mol. The van der Waals surface area contributed by atoms with E-state index in [-0.39, 0.29) is 19.8 Å². The van der Waals surface area contributed by atoms with Gasteiger partial charge in [0.1, 0.15) is 6.61 Å². The van der Waals surface area contributed by atoms with Gasteiger partial charge in [0.2, 0.25) is 0 Å². The number of carbonyl (C=O) groups is 2. The number of hydrogen-bond donors (Lipinski definition) is 1. The first-order valence-corrected chi connectivity index (χ1v) is 16.0. The van der Waals surface area contributed by atoms with Crippen molar-refractivity contribution in [3.8, 4) is 0 Å². The third-order valence-electron chi connectivity index (χ3n) is 5.64. The van der Waals surface area contributed by atoms with Gasteiger partial charge in [0, 0.05) is 5.56 Å². The normalized spacial score (nSPS) is 11.3. The van der Waals surface area contributed by atoms with Crippen LogP contribution in [0.3, 0.4) is 0 Å². The summed E-state index contributed by atoms with van der Waals surface area (Å²) in [4.78, 5) is 23.6. The molecule has 272 valence electrons. The summed E-state index contributed by atoms with van der Waals surface area (Å²) in [6.07, 6.45) is 0. The number of hydrogen-bond acceptors (Lipinski definition) is 15. The van der Waals surface area contributed by atoms with Gasteiger partial charge in [-0.25, -0.2) is 4.79 Å². The minimum Gasteiger partial charge on any atom is -0.457 e. The largest absolute Gasteiger partial charge is 0.457 e. The summed E-state index contributed by atoms with van der Waals surface area (Å²) < 4.78 is 64.1. The lowest BCUT2D eigenvalue weighted by molar-refractivity contribution is -0.139. The molecule has 0 bridgehead atoms. The number of esters is 1. The highest BCUT2D eigenvalue weighted by molar-refractivity contribution is 6.40. The minimum atomic E-state index is -0.899. The van der Waals surface area contributed by atoms with Crippen LogP contribution in [-0.2, 0) is 61.6 Å². The van der Waals surface area contributed by atoms with E-state index in [1.807, 2.05) is 0 Å². The zero-order valence-corrected chi connectivity index (χ0v) is 27.5. The maximum atomic E-state index is 11.9. The molecule has 0 radical (unpaired) electrons. The molecule has 1 aromatic carbocycles. The molecule has 15 nitrogen and oxygen atoms in total. The molecule has 0 aliphatic heterocycles. The van der Waals surface area contributed by atoms with Crippen molar-refractivity contribution in [2.45, 2.75) is 0 Å².